The Morgan fingerprint density at radius 3 is 2.70 bits per heavy atom. The van der Waals surface area contributed by atoms with Gasteiger partial charge in [0.15, 0.2) is 0 Å². The van der Waals surface area contributed by atoms with Crippen LogP contribution < -0.4 is 5.32 Å². The molecule has 1 fully saturated rings. The van der Waals surface area contributed by atoms with Crippen LogP contribution in [0.15, 0.2) is 46.9 Å². The highest BCUT2D eigenvalue weighted by Gasteiger charge is 2.18. The normalized spacial score (nSPS) is 14.1. The lowest BCUT2D eigenvalue weighted by atomic mass is 10.2. The Balaban J connectivity index is 0.00000192. The van der Waals surface area contributed by atoms with E-state index in [4.69, 9.17) is 4.42 Å². The lowest BCUT2D eigenvalue weighted by Crippen LogP contribution is -2.28. The van der Waals surface area contributed by atoms with Crippen molar-refractivity contribution in [2.75, 3.05) is 19.6 Å². The number of benzene rings is 1. The number of rotatable bonds is 7. The molecule has 2 heterocycles. The number of halogens is 1. The summed E-state index contributed by atoms with van der Waals surface area (Å²) in [5.74, 6) is 2.15. The molecule has 4 nitrogen and oxygen atoms in total. The van der Waals surface area contributed by atoms with Crippen LogP contribution in [-0.4, -0.2) is 30.4 Å². The quantitative estimate of drug-likeness (QED) is 0.789. The topological polar surface area (TPSA) is 45.5 Å². The number of nitrogens with zero attached hydrogens (tertiary/aromatic N) is 1. The van der Waals surface area contributed by atoms with E-state index in [0.29, 0.717) is 5.91 Å². The maximum absolute atomic E-state index is 11.5. The zero-order valence-corrected chi connectivity index (χ0v) is 14.0. The van der Waals surface area contributed by atoms with Gasteiger partial charge in [-0.1, -0.05) is 30.3 Å². The number of hydrogen-bond acceptors (Lipinski definition) is 3. The summed E-state index contributed by atoms with van der Waals surface area (Å²) in [4.78, 5) is 13.4. The van der Waals surface area contributed by atoms with Crippen LogP contribution in [0.5, 0.6) is 0 Å². The molecule has 1 amide bonds. The van der Waals surface area contributed by atoms with Gasteiger partial charge in [-0.05, 0) is 31.5 Å². The molecule has 1 aromatic carbocycles. The van der Waals surface area contributed by atoms with Crippen molar-refractivity contribution in [3.63, 3.8) is 0 Å². The fraction of sp³-hybridized carbons (Fsp3) is 0.389. The van der Waals surface area contributed by atoms with Crippen LogP contribution in [0, 0.1) is 0 Å². The zero-order valence-electron chi connectivity index (χ0n) is 13.2. The summed E-state index contributed by atoms with van der Waals surface area (Å²) in [5, 5.41) is 3.37. The standard InChI is InChI=1S/C18H22N2O2.ClH/c21-18-8-4-12-20(18)13-5-11-19-14-16-9-10-17(22-16)15-6-2-1-3-7-15;/h1-3,6-7,9-10,19H,4-5,8,11-14H2;1H. The van der Waals surface area contributed by atoms with Crippen molar-refractivity contribution >= 4 is 18.3 Å². The number of carbonyl (C=O) groups excluding carboxylic acids is 1. The molecule has 1 aliphatic heterocycles. The van der Waals surface area contributed by atoms with Gasteiger partial charge in [0.25, 0.3) is 0 Å². The number of furan rings is 1. The number of nitrogens with one attached hydrogen (secondary N) is 1. The van der Waals surface area contributed by atoms with Crippen LogP contribution in [0.2, 0.25) is 0 Å². The Hall–Kier alpha value is -1.78. The first-order valence-corrected chi connectivity index (χ1v) is 7.95. The third kappa shape index (κ3) is 4.85. The van der Waals surface area contributed by atoms with E-state index in [1.165, 1.54) is 0 Å². The Morgan fingerprint density at radius 1 is 1.13 bits per heavy atom. The highest BCUT2D eigenvalue weighted by Crippen LogP contribution is 2.21. The largest absolute Gasteiger partial charge is 0.460 e. The van der Waals surface area contributed by atoms with Gasteiger partial charge in [-0.15, -0.1) is 12.4 Å². The number of amides is 1. The number of hydrogen-bond donors (Lipinski definition) is 1. The van der Waals surface area contributed by atoms with Crippen LogP contribution in [0.4, 0.5) is 0 Å². The van der Waals surface area contributed by atoms with E-state index in [1.807, 2.05) is 47.4 Å². The minimum absolute atomic E-state index is 0. The molecule has 3 rings (SSSR count). The molecular formula is C18H23ClN2O2. The molecule has 2 aromatic rings. The van der Waals surface area contributed by atoms with Gasteiger partial charge >= 0.3 is 0 Å². The first-order valence-electron chi connectivity index (χ1n) is 7.95. The van der Waals surface area contributed by atoms with E-state index < -0.39 is 0 Å². The predicted molar refractivity (Wildman–Crippen MR) is 93.5 cm³/mol. The lowest BCUT2D eigenvalue weighted by molar-refractivity contribution is -0.127. The second kappa shape index (κ2) is 8.75. The smallest absolute Gasteiger partial charge is 0.222 e. The van der Waals surface area contributed by atoms with E-state index in [2.05, 4.69) is 5.32 Å². The maximum atomic E-state index is 11.5. The lowest BCUT2D eigenvalue weighted by Gasteiger charge is -2.14. The second-order valence-electron chi connectivity index (χ2n) is 5.65. The average Bonchev–Trinajstić information content (AvgIpc) is 3.17. The summed E-state index contributed by atoms with van der Waals surface area (Å²) >= 11 is 0. The van der Waals surface area contributed by atoms with Gasteiger partial charge in [0, 0.05) is 25.1 Å². The number of carbonyl (C=O) groups is 1. The van der Waals surface area contributed by atoms with Gasteiger partial charge in [0.2, 0.25) is 5.91 Å². The van der Waals surface area contributed by atoms with E-state index in [1.54, 1.807) is 0 Å². The zero-order chi connectivity index (χ0) is 15.2. The SMILES string of the molecule is Cl.O=C1CCCN1CCCNCc1ccc(-c2ccccc2)o1. The summed E-state index contributed by atoms with van der Waals surface area (Å²) in [7, 11) is 0. The molecule has 0 spiro atoms. The Kier molecular flexibility index (Phi) is 6.68. The highest BCUT2D eigenvalue weighted by atomic mass is 35.5. The van der Waals surface area contributed by atoms with E-state index in [-0.39, 0.29) is 12.4 Å². The van der Waals surface area contributed by atoms with Crippen LogP contribution >= 0.6 is 12.4 Å². The molecule has 0 saturated carbocycles. The van der Waals surface area contributed by atoms with E-state index >= 15 is 0 Å². The summed E-state index contributed by atoms with van der Waals surface area (Å²) < 4.78 is 5.84. The van der Waals surface area contributed by atoms with Gasteiger partial charge in [-0.2, -0.15) is 0 Å². The molecule has 0 unspecified atom stereocenters. The van der Waals surface area contributed by atoms with Crippen LogP contribution in [0.25, 0.3) is 11.3 Å². The van der Waals surface area contributed by atoms with Crippen LogP contribution in [0.3, 0.4) is 0 Å². The Bertz CT molecular complexity index is 612. The molecule has 1 aliphatic rings. The van der Waals surface area contributed by atoms with Crippen LogP contribution in [-0.2, 0) is 11.3 Å². The van der Waals surface area contributed by atoms with Gasteiger partial charge in [-0.25, -0.2) is 0 Å². The highest BCUT2D eigenvalue weighted by molar-refractivity contribution is 5.85. The van der Waals surface area contributed by atoms with E-state index in [9.17, 15) is 4.79 Å². The maximum Gasteiger partial charge on any atom is 0.222 e. The van der Waals surface area contributed by atoms with Crippen molar-refractivity contribution in [1.29, 1.82) is 0 Å². The summed E-state index contributed by atoms with van der Waals surface area (Å²) in [6.45, 7) is 3.41. The monoisotopic (exact) mass is 334 g/mol. The second-order valence-corrected chi connectivity index (χ2v) is 5.65. The van der Waals surface area contributed by atoms with Gasteiger partial charge in [0.1, 0.15) is 11.5 Å². The fourth-order valence-electron chi connectivity index (χ4n) is 2.78. The molecular weight excluding hydrogens is 312 g/mol. The molecule has 0 bridgehead atoms. The molecule has 0 atom stereocenters. The van der Waals surface area contributed by atoms with Crippen molar-refractivity contribution in [2.24, 2.45) is 0 Å². The first kappa shape index (κ1) is 17.6. The molecule has 0 aliphatic carbocycles. The third-order valence-electron chi connectivity index (χ3n) is 3.97. The van der Waals surface area contributed by atoms with Crippen molar-refractivity contribution in [3.05, 3.63) is 48.2 Å². The molecule has 124 valence electrons. The summed E-state index contributed by atoms with van der Waals surface area (Å²) in [6.07, 6.45) is 2.72. The fourth-order valence-corrected chi connectivity index (χ4v) is 2.78. The van der Waals surface area contributed by atoms with Gasteiger partial charge in [0.05, 0.1) is 6.54 Å². The van der Waals surface area contributed by atoms with Crippen LogP contribution in [0.1, 0.15) is 25.0 Å². The predicted octanol–water partition coefficient (Wildman–Crippen LogP) is 3.47. The van der Waals surface area contributed by atoms with Crippen molar-refractivity contribution in [3.8, 4) is 11.3 Å². The van der Waals surface area contributed by atoms with Gasteiger partial charge < -0.3 is 14.6 Å². The minimum Gasteiger partial charge on any atom is -0.460 e. The molecule has 0 radical (unpaired) electrons. The van der Waals surface area contributed by atoms with Crippen molar-refractivity contribution in [2.45, 2.75) is 25.8 Å². The minimum atomic E-state index is 0. The van der Waals surface area contributed by atoms with E-state index in [0.717, 1.165) is 62.5 Å². The summed E-state index contributed by atoms with van der Waals surface area (Å²) in [5.41, 5.74) is 1.10. The molecule has 1 N–H and O–H groups in total. The van der Waals surface area contributed by atoms with Gasteiger partial charge in [-0.3, -0.25) is 4.79 Å². The molecule has 1 aromatic heterocycles. The summed E-state index contributed by atoms with van der Waals surface area (Å²) in [6, 6.07) is 14.1. The third-order valence-corrected chi connectivity index (χ3v) is 3.97. The average molecular weight is 335 g/mol. The number of likely N-dealkylation sites (tertiary alicyclic amines) is 1. The molecule has 23 heavy (non-hydrogen) atoms. The Morgan fingerprint density at radius 2 is 1.96 bits per heavy atom. The van der Waals surface area contributed by atoms with Crippen molar-refractivity contribution < 1.29 is 9.21 Å². The van der Waals surface area contributed by atoms with Crippen molar-refractivity contribution in [1.82, 2.24) is 10.2 Å². The molecule has 5 heteroatoms. The first-order chi connectivity index (χ1) is 10.8. The molecule has 1 saturated heterocycles. The Labute approximate surface area is 143 Å².